The number of rotatable bonds is 3. The van der Waals surface area contributed by atoms with Crippen molar-refractivity contribution in [2.45, 2.75) is 32.1 Å². The van der Waals surface area contributed by atoms with Crippen LogP contribution in [-0.2, 0) is 6.42 Å². The summed E-state index contributed by atoms with van der Waals surface area (Å²) in [6, 6.07) is 4.92. The summed E-state index contributed by atoms with van der Waals surface area (Å²) < 4.78 is 13.7. The van der Waals surface area contributed by atoms with Gasteiger partial charge >= 0.3 is 0 Å². The molecule has 0 aliphatic heterocycles. The molecular formula is C13H17ClFN. The summed E-state index contributed by atoms with van der Waals surface area (Å²) >= 11 is 5.74. The van der Waals surface area contributed by atoms with Gasteiger partial charge in [0.05, 0.1) is 0 Å². The lowest BCUT2D eigenvalue weighted by Gasteiger charge is -2.27. The first kappa shape index (κ1) is 11.9. The topological polar surface area (TPSA) is 26.0 Å². The minimum Gasteiger partial charge on any atom is -0.330 e. The minimum atomic E-state index is -0.202. The largest absolute Gasteiger partial charge is 0.330 e. The quantitative estimate of drug-likeness (QED) is 0.861. The molecular weight excluding hydrogens is 225 g/mol. The van der Waals surface area contributed by atoms with Gasteiger partial charge in [0.15, 0.2) is 0 Å². The molecule has 0 heterocycles. The molecule has 16 heavy (non-hydrogen) atoms. The standard InChI is InChI=1S/C13H17ClFN/c14-11-4-3-10(12(15)7-11)8-13(9-16)5-1-2-6-13/h3-4,7H,1-2,5-6,8-9,16H2. The Morgan fingerprint density at radius 3 is 2.56 bits per heavy atom. The Bertz CT molecular complexity index is 372. The summed E-state index contributed by atoms with van der Waals surface area (Å²) in [4.78, 5) is 0. The van der Waals surface area contributed by atoms with Gasteiger partial charge in [-0.05, 0) is 48.9 Å². The predicted molar refractivity (Wildman–Crippen MR) is 65.1 cm³/mol. The highest BCUT2D eigenvalue weighted by atomic mass is 35.5. The first-order chi connectivity index (χ1) is 7.65. The van der Waals surface area contributed by atoms with Crippen LogP contribution in [0.1, 0.15) is 31.2 Å². The van der Waals surface area contributed by atoms with Crippen LogP contribution in [0.5, 0.6) is 0 Å². The third-order valence-electron chi connectivity index (χ3n) is 3.68. The van der Waals surface area contributed by atoms with Gasteiger partial charge in [-0.15, -0.1) is 0 Å². The van der Waals surface area contributed by atoms with Gasteiger partial charge in [0.25, 0.3) is 0 Å². The molecule has 0 spiro atoms. The fourth-order valence-electron chi connectivity index (χ4n) is 2.65. The number of hydrogen-bond acceptors (Lipinski definition) is 1. The number of nitrogens with two attached hydrogens (primary N) is 1. The monoisotopic (exact) mass is 241 g/mol. The van der Waals surface area contributed by atoms with Crippen LogP contribution in [0.25, 0.3) is 0 Å². The van der Waals surface area contributed by atoms with Crippen LogP contribution in [0.4, 0.5) is 4.39 Å². The van der Waals surface area contributed by atoms with Crippen LogP contribution in [0, 0.1) is 11.2 Å². The zero-order valence-corrected chi connectivity index (χ0v) is 10.1. The second kappa shape index (κ2) is 4.72. The normalized spacial score (nSPS) is 18.9. The average Bonchev–Trinajstić information content (AvgIpc) is 2.72. The van der Waals surface area contributed by atoms with E-state index in [2.05, 4.69) is 0 Å². The van der Waals surface area contributed by atoms with E-state index in [0.29, 0.717) is 11.6 Å². The maximum atomic E-state index is 13.7. The fourth-order valence-corrected chi connectivity index (χ4v) is 2.81. The molecule has 0 bridgehead atoms. The highest BCUT2D eigenvalue weighted by molar-refractivity contribution is 6.30. The number of halogens is 2. The summed E-state index contributed by atoms with van der Waals surface area (Å²) in [5, 5.41) is 0.453. The van der Waals surface area contributed by atoms with Gasteiger partial charge in [-0.1, -0.05) is 30.5 Å². The lowest BCUT2D eigenvalue weighted by molar-refractivity contribution is 0.302. The van der Waals surface area contributed by atoms with Crippen molar-refractivity contribution < 1.29 is 4.39 Å². The van der Waals surface area contributed by atoms with Crippen molar-refractivity contribution >= 4 is 11.6 Å². The van der Waals surface area contributed by atoms with Gasteiger partial charge in [-0.3, -0.25) is 0 Å². The Labute approximate surface area is 101 Å². The van der Waals surface area contributed by atoms with Crippen molar-refractivity contribution in [1.82, 2.24) is 0 Å². The van der Waals surface area contributed by atoms with Gasteiger partial charge in [0, 0.05) is 5.02 Å². The van der Waals surface area contributed by atoms with Gasteiger partial charge < -0.3 is 5.73 Å². The summed E-state index contributed by atoms with van der Waals surface area (Å²) in [7, 11) is 0. The summed E-state index contributed by atoms with van der Waals surface area (Å²) in [5.41, 5.74) is 6.71. The van der Waals surface area contributed by atoms with Crippen molar-refractivity contribution in [3.05, 3.63) is 34.6 Å². The van der Waals surface area contributed by atoms with Gasteiger partial charge in [-0.2, -0.15) is 0 Å². The van der Waals surface area contributed by atoms with Gasteiger partial charge in [-0.25, -0.2) is 4.39 Å². The van der Waals surface area contributed by atoms with Crippen LogP contribution in [0.2, 0.25) is 5.02 Å². The molecule has 0 radical (unpaired) electrons. The molecule has 2 rings (SSSR count). The molecule has 1 nitrogen and oxygen atoms in total. The number of hydrogen-bond donors (Lipinski definition) is 1. The molecule has 1 fully saturated rings. The first-order valence-electron chi connectivity index (χ1n) is 5.79. The summed E-state index contributed by atoms with van der Waals surface area (Å²) in [5.74, 6) is -0.202. The molecule has 1 aliphatic carbocycles. The third kappa shape index (κ3) is 2.38. The van der Waals surface area contributed by atoms with Gasteiger partial charge in [0.1, 0.15) is 5.82 Å². The smallest absolute Gasteiger partial charge is 0.127 e. The molecule has 0 saturated heterocycles. The van der Waals surface area contributed by atoms with E-state index in [1.807, 2.05) is 0 Å². The predicted octanol–water partition coefficient (Wildman–Crippen LogP) is 3.54. The van der Waals surface area contributed by atoms with E-state index in [1.54, 1.807) is 12.1 Å². The lowest BCUT2D eigenvalue weighted by atomic mass is 9.80. The molecule has 1 aromatic carbocycles. The zero-order chi connectivity index (χ0) is 11.6. The van der Waals surface area contributed by atoms with E-state index in [0.717, 1.165) is 24.8 Å². The second-order valence-electron chi connectivity index (χ2n) is 4.82. The van der Waals surface area contributed by atoms with Crippen LogP contribution in [0.3, 0.4) is 0 Å². The second-order valence-corrected chi connectivity index (χ2v) is 5.26. The van der Waals surface area contributed by atoms with Gasteiger partial charge in [0.2, 0.25) is 0 Å². The zero-order valence-electron chi connectivity index (χ0n) is 9.31. The van der Waals surface area contributed by atoms with E-state index in [-0.39, 0.29) is 11.2 Å². The van der Waals surface area contributed by atoms with Crippen LogP contribution in [0.15, 0.2) is 18.2 Å². The molecule has 1 aliphatic rings. The molecule has 0 unspecified atom stereocenters. The third-order valence-corrected chi connectivity index (χ3v) is 3.91. The first-order valence-corrected chi connectivity index (χ1v) is 6.17. The molecule has 3 heteroatoms. The average molecular weight is 242 g/mol. The van der Waals surface area contributed by atoms with Crippen molar-refractivity contribution in [3.63, 3.8) is 0 Å². The molecule has 1 aromatic rings. The van der Waals surface area contributed by atoms with E-state index in [1.165, 1.54) is 18.9 Å². The molecule has 0 amide bonds. The molecule has 0 atom stereocenters. The lowest BCUT2D eigenvalue weighted by Crippen LogP contribution is -2.30. The Balaban J connectivity index is 2.19. The maximum Gasteiger partial charge on any atom is 0.127 e. The summed E-state index contributed by atoms with van der Waals surface area (Å²) in [6.45, 7) is 0.648. The molecule has 0 aromatic heterocycles. The van der Waals surface area contributed by atoms with Crippen LogP contribution in [-0.4, -0.2) is 6.54 Å². The Hall–Kier alpha value is -0.600. The Morgan fingerprint density at radius 1 is 1.31 bits per heavy atom. The van der Waals surface area contributed by atoms with Crippen molar-refractivity contribution in [3.8, 4) is 0 Å². The molecule has 1 saturated carbocycles. The number of benzene rings is 1. The van der Waals surface area contributed by atoms with E-state index >= 15 is 0 Å². The molecule has 2 N–H and O–H groups in total. The van der Waals surface area contributed by atoms with Crippen LogP contribution < -0.4 is 5.73 Å². The van der Waals surface area contributed by atoms with Crippen molar-refractivity contribution in [1.29, 1.82) is 0 Å². The van der Waals surface area contributed by atoms with Crippen LogP contribution >= 0.6 is 11.6 Å². The minimum absolute atomic E-state index is 0.120. The van der Waals surface area contributed by atoms with Crippen molar-refractivity contribution in [2.24, 2.45) is 11.1 Å². The van der Waals surface area contributed by atoms with E-state index < -0.39 is 0 Å². The summed E-state index contributed by atoms with van der Waals surface area (Å²) in [6.07, 6.45) is 5.41. The molecule has 88 valence electrons. The Morgan fingerprint density at radius 2 is 2.00 bits per heavy atom. The highest BCUT2D eigenvalue weighted by Crippen LogP contribution is 2.40. The van der Waals surface area contributed by atoms with Crippen molar-refractivity contribution in [2.75, 3.05) is 6.54 Å². The SMILES string of the molecule is NCC1(Cc2ccc(Cl)cc2F)CCCC1. The Kier molecular flexibility index (Phi) is 3.50. The fraction of sp³-hybridized carbons (Fsp3) is 0.538. The van der Waals surface area contributed by atoms with E-state index in [9.17, 15) is 4.39 Å². The highest BCUT2D eigenvalue weighted by Gasteiger charge is 2.33. The maximum absolute atomic E-state index is 13.7. The van der Waals surface area contributed by atoms with E-state index in [4.69, 9.17) is 17.3 Å².